The zero-order valence-electron chi connectivity index (χ0n) is 15.5. The van der Waals surface area contributed by atoms with E-state index in [9.17, 15) is 8.42 Å². The Bertz CT molecular complexity index is 1180. The first kappa shape index (κ1) is 19.4. The topological polar surface area (TPSA) is 112 Å². The summed E-state index contributed by atoms with van der Waals surface area (Å²) < 4.78 is 24.5. The standard InChI is InChI=1S/C21H20N4O2S/c1-14(2)28(26,27)17-10-7-16(8-11-17)20-13-24-21(23)19(25-20)12-9-15-5-3-4-6-18(15)22/h3-8,10-11,13-14H,22H2,1-2H3,(H2,23,24). The maximum atomic E-state index is 12.3. The van der Waals surface area contributed by atoms with Crippen molar-refractivity contribution < 1.29 is 8.42 Å². The molecule has 0 bridgehead atoms. The summed E-state index contributed by atoms with van der Waals surface area (Å²) in [5.74, 6) is 6.07. The van der Waals surface area contributed by atoms with E-state index < -0.39 is 15.1 Å². The van der Waals surface area contributed by atoms with Crippen molar-refractivity contribution in [1.29, 1.82) is 0 Å². The van der Waals surface area contributed by atoms with Crippen LogP contribution in [0.4, 0.5) is 11.5 Å². The number of rotatable bonds is 3. The predicted octanol–water partition coefficient (Wildman–Crippen LogP) is 2.89. The summed E-state index contributed by atoms with van der Waals surface area (Å²) in [6.07, 6.45) is 1.53. The van der Waals surface area contributed by atoms with Gasteiger partial charge in [0.15, 0.2) is 21.3 Å². The Morgan fingerprint density at radius 1 is 0.964 bits per heavy atom. The van der Waals surface area contributed by atoms with E-state index in [1.165, 1.54) is 6.20 Å². The van der Waals surface area contributed by atoms with Crippen LogP contribution in [0.25, 0.3) is 11.3 Å². The molecule has 0 aliphatic carbocycles. The summed E-state index contributed by atoms with van der Waals surface area (Å²) in [4.78, 5) is 8.89. The van der Waals surface area contributed by atoms with Gasteiger partial charge in [-0.1, -0.05) is 30.2 Å². The highest BCUT2D eigenvalue weighted by molar-refractivity contribution is 7.92. The Balaban J connectivity index is 1.95. The third kappa shape index (κ3) is 3.97. The minimum Gasteiger partial charge on any atom is -0.398 e. The molecule has 0 atom stereocenters. The first-order valence-corrected chi connectivity index (χ1v) is 10.2. The lowest BCUT2D eigenvalue weighted by molar-refractivity contribution is 0.587. The molecule has 0 radical (unpaired) electrons. The van der Waals surface area contributed by atoms with Gasteiger partial charge in [0.1, 0.15) is 0 Å². The van der Waals surface area contributed by atoms with Gasteiger partial charge in [-0.15, -0.1) is 0 Å². The number of hydrogen-bond acceptors (Lipinski definition) is 6. The van der Waals surface area contributed by atoms with Crippen LogP contribution >= 0.6 is 0 Å². The molecule has 0 saturated heterocycles. The molecule has 4 N–H and O–H groups in total. The summed E-state index contributed by atoms with van der Waals surface area (Å²) in [7, 11) is -3.32. The molecule has 28 heavy (non-hydrogen) atoms. The molecule has 3 aromatic rings. The van der Waals surface area contributed by atoms with Crippen LogP contribution in [-0.4, -0.2) is 23.6 Å². The number of hydrogen-bond donors (Lipinski definition) is 2. The van der Waals surface area contributed by atoms with E-state index in [4.69, 9.17) is 11.5 Å². The van der Waals surface area contributed by atoms with Gasteiger partial charge < -0.3 is 11.5 Å². The Morgan fingerprint density at radius 3 is 2.29 bits per heavy atom. The van der Waals surface area contributed by atoms with Gasteiger partial charge in [0.2, 0.25) is 0 Å². The van der Waals surface area contributed by atoms with Crippen molar-refractivity contribution in [3.05, 3.63) is 66.0 Å². The van der Waals surface area contributed by atoms with Gasteiger partial charge in [0, 0.05) is 16.8 Å². The SMILES string of the molecule is CC(C)S(=O)(=O)c1ccc(-c2cnc(N)c(C#Cc3ccccc3N)n2)cc1. The van der Waals surface area contributed by atoms with Crippen molar-refractivity contribution in [3.8, 4) is 23.1 Å². The number of para-hydroxylation sites is 1. The van der Waals surface area contributed by atoms with Crippen molar-refractivity contribution >= 4 is 21.3 Å². The molecular weight excluding hydrogens is 372 g/mol. The molecule has 0 unspecified atom stereocenters. The molecular formula is C21H20N4O2S. The van der Waals surface area contributed by atoms with E-state index in [1.807, 2.05) is 18.2 Å². The Hall–Kier alpha value is -3.37. The average Bonchev–Trinajstić information content (AvgIpc) is 2.68. The van der Waals surface area contributed by atoms with Gasteiger partial charge in [0.05, 0.1) is 22.0 Å². The maximum Gasteiger partial charge on any atom is 0.180 e. The van der Waals surface area contributed by atoms with Crippen molar-refractivity contribution in [1.82, 2.24) is 9.97 Å². The summed E-state index contributed by atoms with van der Waals surface area (Å²) in [6, 6.07) is 13.8. The summed E-state index contributed by atoms with van der Waals surface area (Å²) >= 11 is 0. The molecule has 7 heteroatoms. The molecule has 0 aliphatic heterocycles. The van der Waals surface area contributed by atoms with Crippen LogP contribution in [-0.2, 0) is 9.84 Å². The van der Waals surface area contributed by atoms with Gasteiger partial charge >= 0.3 is 0 Å². The molecule has 2 aromatic carbocycles. The first-order valence-electron chi connectivity index (χ1n) is 8.62. The van der Waals surface area contributed by atoms with E-state index in [1.54, 1.807) is 44.2 Å². The number of nitrogens with two attached hydrogens (primary N) is 2. The lowest BCUT2D eigenvalue weighted by Crippen LogP contribution is -2.13. The van der Waals surface area contributed by atoms with Gasteiger partial charge in [-0.3, -0.25) is 0 Å². The van der Waals surface area contributed by atoms with E-state index in [-0.39, 0.29) is 10.7 Å². The Morgan fingerprint density at radius 2 is 1.64 bits per heavy atom. The quantitative estimate of drug-likeness (QED) is 0.524. The zero-order chi connectivity index (χ0) is 20.3. The fourth-order valence-corrected chi connectivity index (χ4v) is 3.51. The van der Waals surface area contributed by atoms with Crippen LogP contribution in [0.1, 0.15) is 25.1 Å². The fourth-order valence-electron chi connectivity index (χ4n) is 2.45. The Kier molecular flexibility index (Phi) is 5.34. The second-order valence-electron chi connectivity index (χ2n) is 6.44. The predicted molar refractivity (Wildman–Crippen MR) is 111 cm³/mol. The molecule has 142 valence electrons. The van der Waals surface area contributed by atoms with Crippen LogP contribution in [0.3, 0.4) is 0 Å². The van der Waals surface area contributed by atoms with Crippen LogP contribution in [0, 0.1) is 11.8 Å². The van der Waals surface area contributed by atoms with Crippen molar-refractivity contribution in [2.75, 3.05) is 11.5 Å². The van der Waals surface area contributed by atoms with Crippen molar-refractivity contribution in [2.45, 2.75) is 24.0 Å². The molecule has 1 aromatic heterocycles. The Labute approximate surface area is 164 Å². The maximum absolute atomic E-state index is 12.3. The minimum absolute atomic E-state index is 0.213. The van der Waals surface area contributed by atoms with Crippen LogP contribution < -0.4 is 11.5 Å². The number of sulfone groups is 1. The highest BCUT2D eigenvalue weighted by Crippen LogP contribution is 2.22. The van der Waals surface area contributed by atoms with Gasteiger partial charge in [-0.05, 0) is 44.0 Å². The van der Waals surface area contributed by atoms with E-state index >= 15 is 0 Å². The normalized spacial score (nSPS) is 11.1. The van der Waals surface area contributed by atoms with Crippen LogP contribution in [0.5, 0.6) is 0 Å². The molecule has 3 rings (SSSR count). The second-order valence-corrected chi connectivity index (χ2v) is 8.95. The minimum atomic E-state index is -3.32. The van der Waals surface area contributed by atoms with Gasteiger partial charge in [-0.2, -0.15) is 0 Å². The molecule has 0 fully saturated rings. The summed E-state index contributed by atoms with van der Waals surface area (Å²) in [5, 5.41) is -0.484. The second kappa shape index (κ2) is 7.71. The zero-order valence-corrected chi connectivity index (χ0v) is 16.4. The van der Waals surface area contributed by atoms with Crippen LogP contribution in [0.15, 0.2) is 59.6 Å². The van der Waals surface area contributed by atoms with E-state index in [2.05, 4.69) is 21.8 Å². The third-order valence-corrected chi connectivity index (χ3v) is 6.35. The number of aromatic nitrogens is 2. The summed E-state index contributed by atoms with van der Waals surface area (Å²) in [6.45, 7) is 3.30. The highest BCUT2D eigenvalue weighted by atomic mass is 32.2. The number of nitrogen functional groups attached to an aromatic ring is 2. The first-order chi connectivity index (χ1) is 13.3. The average molecular weight is 392 g/mol. The fraction of sp³-hybridized carbons (Fsp3) is 0.143. The van der Waals surface area contributed by atoms with Crippen molar-refractivity contribution in [2.24, 2.45) is 0 Å². The van der Waals surface area contributed by atoms with E-state index in [0.29, 0.717) is 22.6 Å². The molecule has 6 nitrogen and oxygen atoms in total. The van der Waals surface area contributed by atoms with E-state index in [0.717, 1.165) is 5.56 Å². The van der Waals surface area contributed by atoms with Crippen molar-refractivity contribution in [3.63, 3.8) is 0 Å². The lowest BCUT2D eigenvalue weighted by Gasteiger charge is -2.08. The number of anilines is 2. The number of benzene rings is 2. The smallest absolute Gasteiger partial charge is 0.180 e. The molecule has 0 aliphatic rings. The third-order valence-electron chi connectivity index (χ3n) is 4.18. The van der Waals surface area contributed by atoms with Gasteiger partial charge in [0.25, 0.3) is 0 Å². The summed E-state index contributed by atoms with van der Waals surface area (Å²) in [5.41, 5.74) is 14.6. The largest absolute Gasteiger partial charge is 0.398 e. The monoisotopic (exact) mass is 392 g/mol. The molecule has 0 amide bonds. The van der Waals surface area contributed by atoms with Crippen LogP contribution in [0.2, 0.25) is 0 Å². The number of nitrogens with zero attached hydrogens (tertiary/aromatic N) is 2. The molecule has 1 heterocycles. The molecule has 0 spiro atoms. The lowest BCUT2D eigenvalue weighted by atomic mass is 10.1. The highest BCUT2D eigenvalue weighted by Gasteiger charge is 2.19. The molecule has 0 saturated carbocycles. The van der Waals surface area contributed by atoms with Gasteiger partial charge in [-0.25, -0.2) is 18.4 Å².